The lowest BCUT2D eigenvalue weighted by atomic mass is 10.5. The Kier molecular flexibility index (Phi) is 2.49. The maximum atomic E-state index is 12.0. The zero-order valence-corrected chi connectivity index (χ0v) is 5.04. The van der Waals surface area contributed by atoms with Gasteiger partial charge in [-0.3, -0.25) is 0 Å². The van der Waals surface area contributed by atoms with Crippen LogP contribution in [-0.2, 0) is 11.1 Å². The molecule has 5 heteroatoms. The Morgan fingerprint density at radius 1 is 1.88 bits per heavy atom. The summed E-state index contributed by atoms with van der Waals surface area (Å²) in [7, 11) is 0. The molecule has 1 N–H and O–H groups in total. The maximum absolute atomic E-state index is 12.0. The zero-order valence-electron chi connectivity index (χ0n) is 4.23. The first-order valence-electron chi connectivity index (χ1n) is 1.86. The fourth-order valence-electron chi connectivity index (χ4n) is 0.0467. The molecule has 0 rings (SSSR count). The van der Waals surface area contributed by atoms with E-state index in [-0.39, 0.29) is 0 Å². The largest absolute Gasteiger partial charge is 0.304 e. The molecule has 0 aliphatic rings. The van der Waals surface area contributed by atoms with Gasteiger partial charge >= 0.3 is 0 Å². The third-order valence-electron chi connectivity index (χ3n) is 0.603. The monoisotopic (exact) mass is 144 g/mol. The average molecular weight is 144 g/mol. The number of halogens is 2. The second-order valence-corrected chi connectivity index (χ2v) is 2.83. The lowest BCUT2D eigenvalue weighted by Gasteiger charge is -2.08. The van der Waals surface area contributed by atoms with Gasteiger partial charge in [0.2, 0.25) is 5.00 Å². The molecular weight excluding hydrogens is 138 g/mol. The van der Waals surface area contributed by atoms with E-state index in [0.29, 0.717) is 0 Å². The van der Waals surface area contributed by atoms with Crippen molar-refractivity contribution >= 4 is 11.1 Å². The summed E-state index contributed by atoms with van der Waals surface area (Å²) in [5.41, 5.74) is 0. The molecule has 0 bridgehead atoms. The fraction of sp³-hybridized carbons (Fsp3) is 1.00. The van der Waals surface area contributed by atoms with Crippen LogP contribution in [0.5, 0.6) is 0 Å². The van der Waals surface area contributed by atoms with Crippen LogP contribution in [0.25, 0.3) is 0 Å². The van der Waals surface area contributed by atoms with Crippen LogP contribution in [-0.4, -0.2) is 20.4 Å². The van der Waals surface area contributed by atoms with E-state index in [9.17, 15) is 13.0 Å². The zero-order chi connectivity index (χ0) is 6.78. The van der Waals surface area contributed by atoms with Gasteiger partial charge in [0, 0.05) is 0 Å². The SMILES string of the molecule is CC(F)(CF)S(=O)O. The molecule has 2 unspecified atom stereocenters. The highest BCUT2D eigenvalue weighted by molar-refractivity contribution is 7.80. The highest BCUT2D eigenvalue weighted by Gasteiger charge is 2.30. The van der Waals surface area contributed by atoms with Gasteiger partial charge in [0.15, 0.2) is 11.1 Å². The van der Waals surface area contributed by atoms with Crippen LogP contribution in [0.1, 0.15) is 6.92 Å². The molecule has 0 aromatic rings. The Morgan fingerprint density at radius 2 is 2.25 bits per heavy atom. The molecule has 0 fully saturated rings. The maximum Gasteiger partial charge on any atom is 0.235 e. The second kappa shape index (κ2) is 2.50. The summed E-state index contributed by atoms with van der Waals surface area (Å²) in [4.78, 5) is 0. The number of rotatable bonds is 2. The summed E-state index contributed by atoms with van der Waals surface area (Å²) >= 11 is -2.72. The van der Waals surface area contributed by atoms with Gasteiger partial charge in [0.25, 0.3) is 0 Å². The molecule has 2 atom stereocenters. The molecule has 0 saturated heterocycles. The average Bonchev–Trinajstić information content (AvgIpc) is 1.67. The predicted molar refractivity (Wildman–Crippen MR) is 26.3 cm³/mol. The van der Waals surface area contributed by atoms with Crippen LogP contribution in [0.4, 0.5) is 8.78 Å². The second-order valence-electron chi connectivity index (χ2n) is 1.48. The Bertz CT molecular complexity index is 103. The van der Waals surface area contributed by atoms with E-state index in [2.05, 4.69) is 0 Å². The van der Waals surface area contributed by atoms with Crippen molar-refractivity contribution in [1.29, 1.82) is 0 Å². The molecule has 0 heterocycles. The summed E-state index contributed by atoms with van der Waals surface area (Å²) in [5.74, 6) is 0. The molecule has 0 aliphatic heterocycles. The molecule has 0 aromatic heterocycles. The molecule has 0 amide bonds. The molecule has 0 aromatic carbocycles. The van der Waals surface area contributed by atoms with Crippen molar-refractivity contribution < 1.29 is 17.5 Å². The van der Waals surface area contributed by atoms with Crippen LogP contribution >= 0.6 is 0 Å². The van der Waals surface area contributed by atoms with E-state index in [0.717, 1.165) is 6.92 Å². The van der Waals surface area contributed by atoms with Gasteiger partial charge in [-0.05, 0) is 6.92 Å². The molecular formula is C3H6F2O2S. The van der Waals surface area contributed by atoms with Crippen LogP contribution in [0.3, 0.4) is 0 Å². The van der Waals surface area contributed by atoms with Gasteiger partial charge in [0.05, 0.1) is 0 Å². The van der Waals surface area contributed by atoms with E-state index in [1.165, 1.54) is 0 Å². The van der Waals surface area contributed by atoms with E-state index >= 15 is 0 Å². The van der Waals surface area contributed by atoms with Gasteiger partial charge in [-0.1, -0.05) is 0 Å². The normalized spacial score (nSPS) is 22.0. The number of hydrogen-bond acceptors (Lipinski definition) is 1. The minimum Gasteiger partial charge on any atom is -0.304 e. The summed E-state index contributed by atoms with van der Waals surface area (Å²) in [5, 5.41) is -2.60. The van der Waals surface area contributed by atoms with Crippen molar-refractivity contribution in [2.75, 3.05) is 6.67 Å². The first-order chi connectivity index (χ1) is 3.50. The first-order valence-corrected chi connectivity index (χ1v) is 2.97. The molecule has 8 heavy (non-hydrogen) atoms. The van der Waals surface area contributed by atoms with Gasteiger partial charge in [-0.2, -0.15) is 0 Å². The predicted octanol–water partition coefficient (Wildman–Crippen LogP) is 0.863. The van der Waals surface area contributed by atoms with Crippen LogP contribution in [0.2, 0.25) is 0 Å². The molecule has 0 spiro atoms. The van der Waals surface area contributed by atoms with Crippen molar-refractivity contribution in [3.63, 3.8) is 0 Å². The van der Waals surface area contributed by atoms with Gasteiger partial charge in [0.1, 0.15) is 6.67 Å². The smallest absolute Gasteiger partial charge is 0.235 e. The lowest BCUT2D eigenvalue weighted by Crippen LogP contribution is -2.26. The van der Waals surface area contributed by atoms with E-state index in [1.807, 2.05) is 0 Å². The minimum absolute atomic E-state index is 0.725. The molecule has 50 valence electrons. The Morgan fingerprint density at radius 3 is 2.25 bits per heavy atom. The van der Waals surface area contributed by atoms with Gasteiger partial charge < -0.3 is 4.55 Å². The third-order valence-corrected chi connectivity index (χ3v) is 1.44. The van der Waals surface area contributed by atoms with Crippen molar-refractivity contribution in [2.45, 2.75) is 11.9 Å². The van der Waals surface area contributed by atoms with Crippen LogP contribution in [0.15, 0.2) is 0 Å². The molecule has 0 aliphatic carbocycles. The lowest BCUT2D eigenvalue weighted by molar-refractivity contribution is 0.225. The fourth-order valence-corrected chi connectivity index (χ4v) is 0.140. The number of hydrogen-bond donors (Lipinski definition) is 1. The quantitative estimate of drug-likeness (QED) is 0.584. The van der Waals surface area contributed by atoms with Crippen LogP contribution < -0.4 is 0 Å². The summed E-state index contributed by atoms with van der Waals surface area (Å²) < 4.78 is 41.0. The Labute approximate surface area is 48.2 Å². The van der Waals surface area contributed by atoms with Crippen molar-refractivity contribution in [1.82, 2.24) is 0 Å². The standard InChI is InChI=1S/C3H6F2O2S/c1-3(5,2-4)8(6)7/h2H2,1H3,(H,6,7). The summed E-state index contributed by atoms with van der Waals surface area (Å²) in [6.45, 7) is -0.709. The third kappa shape index (κ3) is 1.83. The first kappa shape index (κ1) is 7.97. The minimum atomic E-state index is -2.72. The summed E-state index contributed by atoms with van der Waals surface area (Å²) in [6, 6.07) is 0. The van der Waals surface area contributed by atoms with Crippen LogP contribution in [0, 0.1) is 0 Å². The highest BCUT2D eigenvalue weighted by Crippen LogP contribution is 2.13. The molecule has 0 saturated carbocycles. The van der Waals surface area contributed by atoms with Gasteiger partial charge in [-0.15, -0.1) is 0 Å². The van der Waals surface area contributed by atoms with Crippen molar-refractivity contribution in [3.05, 3.63) is 0 Å². The van der Waals surface area contributed by atoms with Crippen molar-refractivity contribution in [2.24, 2.45) is 0 Å². The van der Waals surface area contributed by atoms with E-state index in [4.69, 9.17) is 4.55 Å². The van der Waals surface area contributed by atoms with E-state index < -0.39 is 22.8 Å². The van der Waals surface area contributed by atoms with E-state index in [1.54, 1.807) is 0 Å². The van der Waals surface area contributed by atoms with Crippen molar-refractivity contribution in [3.8, 4) is 0 Å². The Balaban J connectivity index is 3.91. The number of alkyl halides is 2. The van der Waals surface area contributed by atoms with Gasteiger partial charge in [-0.25, -0.2) is 13.0 Å². The molecule has 0 radical (unpaired) electrons. The highest BCUT2D eigenvalue weighted by atomic mass is 32.2. The Hall–Kier alpha value is -0.0300. The topological polar surface area (TPSA) is 37.3 Å². The summed E-state index contributed by atoms with van der Waals surface area (Å²) in [6.07, 6.45) is 0. The molecule has 2 nitrogen and oxygen atoms in total.